The zero-order valence-corrected chi connectivity index (χ0v) is 15.3. The van der Waals surface area contributed by atoms with Crippen LogP contribution in [0.1, 0.15) is 31.1 Å². The number of nitrogens with one attached hydrogen (secondary N) is 1. The lowest BCUT2D eigenvalue weighted by atomic mass is 10.2. The van der Waals surface area contributed by atoms with Crippen molar-refractivity contribution in [2.75, 3.05) is 12.4 Å². The number of carboxylic acids is 1. The van der Waals surface area contributed by atoms with Crippen LogP contribution in [-0.2, 0) is 6.54 Å². The van der Waals surface area contributed by atoms with Gasteiger partial charge in [0.1, 0.15) is 4.60 Å². The zero-order chi connectivity index (χ0) is 17.4. The summed E-state index contributed by atoms with van der Waals surface area (Å²) in [5, 5.41) is 12.1. The molecule has 2 aromatic rings. The molecule has 1 aromatic heterocycles. The van der Waals surface area contributed by atoms with Gasteiger partial charge >= 0.3 is 5.97 Å². The topological polar surface area (TPSA) is 79.5 Å². The minimum absolute atomic E-state index is 0.242. The van der Waals surface area contributed by atoms with Gasteiger partial charge in [-0.05, 0) is 47.1 Å². The number of rotatable bonds is 4. The van der Waals surface area contributed by atoms with E-state index >= 15 is 0 Å². The Balaban J connectivity index is 0.00000127. The summed E-state index contributed by atoms with van der Waals surface area (Å²) < 4.78 is 2.66. The van der Waals surface area contributed by atoms with Gasteiger partial charge in [-0.2, -0.15) is 0 Å². The molecule has 0 amide bonds. The molecule has 124 valence electrons. The SMILES string of the molecule is CC.CCn1cc(Br)nc(Nc2ccc(C(=O)O)cc2)c1=NC. The molecule has 0 aliphatic rings. The average Bonchev–Trinajstić information content (AvgIpc) is 2.56. The monoisotopic (exact) mass is 380 g/mol. The molecule has 0 bridgehead atoms. The maximum absolute atomic E-state index is 10.8. The number of hydrogen-bond donors (Lipinski definition) is 2. The fourth-order valence-electron chi connectivity index (χ4n) is 1.90. The highest BCUT2D eigenvalue weighted by molar-refractivity contribution is 9.10. The molecule has 0 unspecified atom stereocenters. The van der Waals surface area contributed by atoms with E-state index in [1.54, 1.807) is 31.3 Å². The summed E-state index contributed by atoms with van der Waals surface area (Å²) in [6, 6.07) is 6.47. The van der Waals surface area contributed by atoms with Gasteiger partial charge in [0.15, 0.2) is 11.3 Å². The molecule has 1 heterocycles. The van der Waals surface area contributed by atoms with E-state index in [1.165, 1.54) is 0 Å². The number of carbonyl (C=O) groups is 1. The van der Waals surface area contributed by atoms with Gasteiger partial charge in [-0.3, -0.25) is 4.99 Å². The normalized spacial score (nSPS) is 10.7. The maximum atomic E-state index is 10.8. The van der Waals surface area contributed by atoms with Gasteiger partial charge in [0.25, 0.3) is 0 Å². The van der Waals surface area contributed by atoms with Crippen LogP contribution >= 0.6 is 15.9 Å². The van der Waals surface area contributed by atoms with Crippen molar-refractivity contribution in [1.29, 1.82) is 0 Å². The Labute approximate surface area is 144 Å². The average molecular weight is 381 g/mol. The van der Waals surface area contributed by atoms with Crippen LogP contribution in [0.3, 0.4) is 0 Å². The first-order valence-electron chi connectivity index (χ1n) is 7.35. The number of aryl methyl sites for hydroxylation is 1. The summed E-state index contributed by atoms with van der Waals surface area (Å²) >= 11 is 3.37. The third-order valence-corrected chi connectivity index (χ3v) is 3.29. The van der Waals surface area contributed by atoms with E-state index in [0.29, 0.717) is 10.4 Å². The molecule has 0 radical (unpaired) electrons. The fraction of sp³-hybridized carbons (Fsp3) is 0.312. The standard InChI is InChI=1S/C14H15BrN4O2.C2H6/c1-3-19-8-11(15)18-12(13(19)16-2)17-10-6-4-9(5-7-10)14(20)21;1-2/h4-8H,3H2,1-2H3,(H,17,18)(H,20,21);1-2H3. The van der Waals surface area contributed by atoms with Crippen LogP contribution in [0.4, 0.5) is 11.5 Å². The number of halogens is 1. The van der Waals surface area contributed by atoms with Crippen LogP contribution in [0, 0.1) is 0 Å². The lowest BCUT2D eigenvalue weighted by molar-refractivity contribution is 0.0697. The van der Waals surface area contributed by atoms with Gasteiger partial charge in [-0.15, -0.1) is 0 Å². The molecule has 1 aromatic carbocycles. The molecule has 0 aliphatic heterocycles. The van der Waals surface area contributed by atoms with Gasteiger partial charge in [0.2, 0.25) is 0 Å². The van der Waals surface area contributed by atoms with Crippen molar-refractivity contribution in [3.8, 4) is 0 Å². The highest BCUT2D eigenvalue weighted by Crippen LogP contribution is 2.15. The summed E-state index contributed by atoms with van der Waals surface area (Å²) in [6.45, 7) is 6.78. The second-order valence-electron chi connectivity index (χ2n) is 4.25. The molecular weight excluding hydrogens is 360 g/mol. The first-order valence-corrected chi connectivity index (χ1v) is 8.14. The third kappa shape index (κ3) is 4.92. The first kappa shape index (κ1) is 18.9. The molecule has 0 atom stereocenters. The van der Waals surface area contributed by atoms with Gasteiger partial charge in [-0.1, -0.05) is 13.8 Å². The quantitative estimate of drug-likeness (QED) is 0.847. The highest BCUT2D eigenvalue weighted by atomic mass is 79.9. The van der Waals surface area contributed by atoms with Crippen molar-refractivity contribution in [3.63, 3.8) is 0 Å². The number of benzene rings is 1. The Morgan fingerprint density at radius 3 is 2.43 bits per heavy atom. The van der Waals surface area contributed by atoms with Crippen LogP contribution in [0.15, 0.2) is 40.1 Å². The predicted octanol–water partition coefficient (Wildman–Crippen LogP) is 3.66. The van der Waals surface area contributed by atoms with Crippen molar-refractivity contribution >= 4 is 33.4 Å². The van der Waals surface area contributed by atoms with E-state index in [9.17, 15) is 4.79 Å². The van der Waals surface area contributed by atoms with Crippen LogP contribution < -0.4 is 10.8 Å². The highest BCUT2D eigenvalue weighted by Gasteiger charge is 2.06. The van der Waals surface area contributed by atoms with Gasteiger partial charge < -0.3 is 15.0 Å². The zero-order valence-electron chi connectivity index (χ0n) is 13.7. The van der Waals surface area contributed by atoms with Gasteiger partial charge in [0, 0.05) is 25.5 Å². The number of aromatic nitrogens is 2. The minimum Gasteiger partial charge on any atom is -0.478 e. The summed E-state index contributed by atoms with van der Waals surface area (Å²) in [5.74, 6) is -0.341. The largest absolute Gasteiger partial charge is 0.478 e. The number of anilines is 2. The third-order valence-electron chi connectivity index (χ3n) is 2.91. The van der Waals surface area contributed by atoms with Crippen molar-refractivity contribution in [2.45, 2.75) is 27.3 Å². The second-order valence-corrected chi connectivity index (χ2v) is 5.07. The first-order chi connectivity index (χ1) is 11.0. The maximum Gasteiger partial charge on any atom is 0.335 e. The lowest BCUT2D eigenvalue weighted by Crippen LogP contribution is -2.24. The molecule has 0 saturated carbocycles. The van der Waals surface area contributed by atoms with E-state index in [0.717, 1.165) is 17.7 Å². The molecule has 2 rings (SSSR count). The van der Waals surface area contributed by atoms with Crippen molar-refractivity contribution in [2.24, 2.45) is 4.99 Å². The van der Waals surface area contributed by atoms with Crippen LogP contribution in [-0.4, -0.2) is 27.7 Å². The molecule has 0 saturated heterocycles. The van der Waals surface area contributed by atoms with Gasteiger partial charge in [-0.25, -0.2) is 9.78 Å². The Morgan fingerprint density at radius 1 is 1.35 bits per heavy atom. The van der Waals surface area contributed by atoms with Gasteiger partial charge in [0.05, 0.1) is 5.56 Å². The summed E-state index contributed by atoms with van der Waals surface area (Å²) in [6.07, 6.45) is 1.86. The van der Waals surface area contributed by atoms with E-state index in [4.69, 9.17) is 5.11 Å². The Kier molecular flexibility index (Phi) is 7.47. The summed E-state index contributed by atoms with van der Waals surface area (Å²) in [7, 11) is 1.70. The fourth-order valence-corrected chi connectivity index (χ4v) is 2.33. The molecule has 0 spiro atoms. The van der Waals surface area contributed by atoms with Crippen LogP contribution in [0.5, 0.6) is 0 Å². The Bertz CT molecular complexity index is 724. The van der Waals surface area contributed by atoms with Crippen molar-refractivity contribution in [1.82, 2.24) is 9.55 Å². The molecule has 0 fully saturated rings. The smallest absolute Gasteiger partial charge is 0.335 e. The predicted molar refractivity (Wildman–Crippen MR) is 95.1 cm³/mol. The molecule has 7 heteroatoms. The minimum atomic E-state index is -0.949. The second kappa shape index (κ2) is 9.09. The van der Waals surface area contributed by atoms with E-state index in [1.807, 2.05) is 31.5 Å². The van der Waals surface area contributed by atoms with E-state index in [2.05, 4.69) is 31.2 Å². The molecule has 2 N–H and O–H groups in total. The van der Waals surface area contributed by atoms with E-state index < -0.39 is 5.97 Å². The Morgan fingerprint density at radius 2 is 1.96 bits per heavy atom. The molecule has 23 heavy (non-hydrogen) atoms. The van der Waals surface area contributed by atoms with E-state index in [-0.39, 0.29) is 5.56 Å². The van der Waals surface area contributed by atoms with Crippen molar-refractivity contribution in [3.05, 3.63) is 46.1 Å². The molecular formula is C16H21BrN4O2. The number of hydrogen-bond acceptors (Lipinski definition) is 4. The number of carboxylic acid groups (broad SMARTS) is 1. The number of nitrogens with zero attached hydrogens (tertiary/aromatic N) is 3. The Hall–Kier alpha value is -2.15. The summed E-state index contributed by atoms with van der Waals surface area (Å²) in [5.41, 5.74) is 1.72. The van der Waals surface area contributed by atoms with Crippen LogP contribution in [0.2, 0.25) is 0 Å². The number of aromatic carboxylic acids is 1. The lowest BCUT2D eigenvalue weighted by Gasteiger charge is -2.11. The summed E-state index contributed by atoms with van der Waals surface area (Å²) in [4.78, 5) is 19.5. The van der Waals surface area contributed by atoms with Crippen LogP contribution in [0.25, 0.3) is 0 Å². The molecule has 6 nitrogen and oxygen atoms in total. The van der Waals surface area contributed by atoms with Crippen molar-refractivity contribution < 1.29 is 9.90 Å². The molecule has 0 aliphatic carbocycles.